The van der Waals surface area contributed by atoms with E-state index >= 15 is 0 Å². The van der Waals surface area contributed by atoms with Gasteiger partial charge in [-0.05, 0) is 43.5 Å². The van der Waals surface area contributed by atoms with E-state index in [1.807, 2.05) is 24.0 Å². The molecule has 1 aliphatic heterocycles. The van der Waals surface area contributed by atoms with Crippen LogP contribution < -0.4 is 0 Å². The van der Waals surface area contributed by atoms with Crippen LogP contribution in [-0.4, -0.2) is 47.8 Å². The number of aryl methyl sites for hydroxylation is 1. The maximum Gasteiger partial charge on any atom is 0.254 e. The third kappa shape index (κ3) is 3.14. The molecule has 120 valence electrons. The third-order valence-electron chi connectivity index (χ3n) is 4.74. The highest BCUT2D eigenvalue weighted by Gasteiger charge is 2.39. The minimum Gasteiger partial charge on any atom is -0.393 e. The van der Waals surface area contributed by atoms with Crippen molar-refractivity contribution < 1.29 is 14.6 Å². The molecule has 0 spiro atoms. The van der Waals surface area contributed by atoms with Gasteiger partial charge in [-0.3, -0.25) is 4.79 Å². The Bertz CT molecular complexity index is 543. The van der Waals surface area contributed by atoms with Gasteiger partial charge in [0.2, 0.25) is 0 Å². The van der Waals surface area contributed by atoms with Crippen LogP contribution in [0.3, 0.4) is 0 Å². The van der Waals surface area contributed by atoms with Gasteiger partial charge < -0.3 is 14.7 Å². The number of amides is 1. The fourth-order valence-corrected chi connectivity index (χ4v) is 3.96. The molecule has 1 aromatic rings. The summed E-state index contributed by atoms with van der Waals surface area (Å²) in [6.07, 6.45) is 2.45. The van der Waals surface area contributed by atoms with Gasteiger partial charge >= 0.3 is 0 Å². The van der Waals surface area contributed by atoms with Gasteiger partial charge in [-0.2, -0.15) is 0 Å². The number of aliphatic hydroxyl groups excluding tert-OH is 1. The van der Waals surface area contributed by atoms with E-state index in [2.05, 4.69) is 0 Å². The number of hydrogen-bond acceptors (Lipinski definition) is 3. The number of nitrogens with zero attached hydrogens (tertiary/aromatic N) is 1. The summed E-state index contributed by atoms with van der Waals surface area (Å²) < 4.78 is 5.58. The summed E-state index contributed by atoms with van der Waals surface area (Å²) >= 11 is 6.08. The van der Waals surface area contributed by atoms with E-state index in [1.54, 1.807) is 6.07 Å². The monoisotopic (exact) mass is 323 g/mol. The van der Waals surface area contributed by atoms with E-state index in [9.17, 15) is 9.90 Å². The van der Waals surface area contributed by atoms with Crippen LogP contribution in [0.25, 0.3) is 0 Å². The summed E-state index contributed by atoms with van der Waals surface area (Å²) in [5.74, 6) is 0.0996. The lowest BCUT2D eigenvalue weighted by Gasteiger charge is -2.40. The van der Waals surface area contributed by atoms with Gasteiger partial charge in [0.1, 0.15) is 0 Å². The smallest absolute Gasteiger partial charge is 0.254 e. The molecule has 3 rings (SSSR count). The van der Waals surface area contributed by atoms with Crippen molar-refractivity contribution in [2.24, 2.45) is 5.92 Å². The molecule has 1 amide bonds. The highest BCUT2D eigenvalue weighted by Crippen LogP contribution is 2.33. The van der Waals surface area contributed by atoms with Crippen molar-refractivity contribution in [3.63, 3.8) is 0 Å². The average molecular weight is 324 g/mol. The second kappa shape index (κ2) is 6.57. The van der Waals surface area contributed by atoms with Crippen LogP contribution in [0.15, 0.2) is 18.2 Å². The van der Waals surface area contributed by atoms with Crippen LogP contribution in [-0.2, 0) is 4.74 Å². The highest BCUT2D eigenvalue weighted by molar-refractivity contribution is 6.31. The number of benzene rings is 1. The highest BCUT2D eigenvalue weighted by atomic mass is 35.5. The van der Waals surface area contributed by atoms with Gasteiger partial charge in [-0.25, -0.2) is 0 Å². The Morgan fingerprint density at radius 2 is 2.18 bits per heavy atom. The fourth-order valence-electron chi connectivity index (χ4n) is 3.67. The molecule has 2 aliphatic rings. The molecule has 0 aromatic heterocycles. The number of carbonyl (C=O) groups is 1. The van der Waals surface area contributed by atoms with E-state index in [0.29, 0.717) is 30.3 Å². The van der Waals surface area contributed by atoms with E-state index in [1.165, 1.54) is 0 Å². The van der Waals surface area contributed by atoms with Crippen molar-refractivity contribution in [2.45, 2.75) is 38.3 Å². The van der Waals surface area contributed by atoms with Crippen molar-refractivity contribution in [3.8, 4) is 0 Å². The summed E-state index contributed by atoms with van der Waals surface area (Å²) in [6, 6.07) is 5.38. The summed E-state index contributed by atoms with van der Waals surface area (Å²) in [4.78, 5) is 14.8. The quantitative estimate of drug-likeness (QED) is 0.910. The molecular formula is C17H22ClNO3. The Morgan fingerprint density at radius 3 is 2.86 bits per heavy atom. The normalized spacial score (nSPS) is 28.9. The lowest BCUT2D eigenvalue weighted by Crippen LogP contribution is -2.53. The van der Waals surface area contributed by atoms with Crippen LogP contribution in [0.1, 0.15) is 35.2 Å². The number of rotatable bonds is 2. The fraction of sp³-hybridized carbons (Fsp3) is 0.588. The zero-order chi connectivity index (χ0) is 15.7. The summed E-state index contributed by atoms with van der Waals surface area (Å²) in [7, 11) is 0. The molecule has 1 saturated carbocycles. The molecule has 4 nitrogen and oxygen atoms in total. The van der Waals surface area contributed by atoms with Crippen molar-refractivity contribution in [2.75, 3.05) is 19.8 Å². The molecule has 22 heavy (non-hydrogen) atoms. The first-order chi connectivity index (χ1) is 10.6. The van der Waals surface area contributed by atoms with Gasteiger partial charge in [0.15, 0.2) is 0 Å². The maximum atomic E-state index is 12.9. The molecule has 0 bridgehead atoms. The molecule has 0 radical (unpaired) electrons. The van der Waals surface area contributed by atoms with Gasteiger partial charge in [0, 0.05) is 23.0 Å². The third-order valence-corrected chi connectivity index (χ3v) is 4.96. The lowest BCUT2D eigenvalue weighted by molar-refractivity contribution is -0.0383. The van der Waals surface area contributed by atoms with Gasteiger partial charge in [0.05, 0.1) is 25.4 Å². The van der Waals surface area contributed by atoms with Crippen molar-refractivity contribution in [3.05, 3.63) is 34.3 Å². The molecule has 2 fully saturated rings. The molecule has 1 heterocycles. The molecule has 1 aliphatic carbocycles. The minimum atomic E-state index is -0.330. The first-order valence-corrected chi connectivity index (χ1v) is 8.28. The number of hydrogen-bond donors (Lipinski definition) is 1. The van der Waals surface area contributed by atoms with E-state index in [-0.39, 0.29) is 24.0 Å². The predicted octanol–water partition coefficient (Wildman–Crippen LogP) is 2.65. The Morgan fingerprint density at radius 1 is 1.36 bits per heavy atom. The zero-order valence-electron chi connectivity index (χ0n) is 12.8. The Hall–Kier alpha value is -1.10. The number of carbonyl (C=O) groups excluding carboxylic acids is 1. The number of morpholine rings is 1. The second-order valence-electron chi connectivity index (χ2n) is 6.32. The van der Waals surface area contributed by atoms with Crippen LogP contribution in [0.4, 0.5) is 0 Å². The second-order valence-corrected chi connectivity index (χ2v) is 6.76. The predicted molar refractivity (Wildman–Crippen MR) is 85.2 cm³/mol. The standard InChI is InChI=1S/C17H22ClNO3/c1-11-7-12(9-13(18)8-11)17(21)19-5-6-22-10-15(19)14-3-2-4-16(14)20/h7-9,14-16,20H,2-6,10H2,1H3/t14-,15-,16-/m1/s1. The molecule has 5 heteroatoms. The van der Waals surface area contributed by atoms with Crippen molar-refractivity contribution in [1.82, 2.24) is 4.90 Å². The van der Waals surface area contributed by atoms with E-state index in [4.69, 9.17) is 16.3 Å². The van der Waals surface area contributed by atoms with Crippen LogP contribution in [0, 0.1) is 12.8 Å². The van der Waals surface area contributed by atoms with Gasteiger partial charge in [-0.15, -0.1) is 0 Å². The number of aliphatic hydroxyl groups is 1. The first kappa shape index (κ1) is 15.8. The average Bonchev–Trinajstić information content (AvgIpc) is 2.91. The Balaban J connectivity index is 1.85. The first-order valence-electron chi connectivity index (χ1n) is 7.90. The topological polar surface area (TPSA) is 49.8 Å². The molecule has 3 atom stereocenters. The van der Waals surface area contributed by atoms with Gasteiger partial charge in [0.25, 0.3) is 5.91 Å². The van der Waals surface area contributed by atoms with Crippen molar-refractivity contribution >= 4 is 17.5 Å². The van der Waals surface area contributed by atoms with Gasteiger partial charge in [-0.1, -0.05) is 18.0 Å². The van der Waals surface area contributed by atoms with Crippen molar-refractivity contribution in [1.29, 1.82) is 0 Å². The number of halogens is 1. The van der Waals surface area contributed by atoms with Crippen LogP contribution in [0.5, 0.6) is 0 Å². The maximum absolute atomic E-state index is 12.9. The summed E-state index contributed by atoms with van der Waals surface area (Å²) in [5, 5.41) is 10.8. The summed E-state index contributed by atoms with van der Waals surface area (Å²) in [6.45, 7) is 3.55. The summed E-state index contributed by atoms with van der Waals surface area (Å²) in [5.41, 5.74) is 1.59. The molecule has 1 saturated heterocycles. The van der Waals surface area contributed by atoms with Crippen LogP contribution >= 0.6 is 11.6 Å². The largest absolute Gasteiger partial charge is 0.393 e. The van der Waals surface area contributed by atoms with Crippen LogP contribution in [0.2, 0.25) is 5.02 Å². The Labute approximate surface area is 136 Å². The molecular weight excluding hydrogens is 302 g/mol. The SMILES string of the molecule is Cc1cc(Cl)cc(C(=O)N2CCOC[C@@H]2[C@H]2CCC[C@H]2O)c1. The van der Waals surface area contributed by atoms with E-state index in [0.717, 1.165) is 24.8 Å². The molecule has 1 N–H and O–H groups in total. The molecule has 0 unspecified atom stereocenters. The Kier molecular flexibility index (Phi) is 4.71. The lowest BCUT2D eigenvalue weighted by atomic mass is 9.93. The number of ether oxygens (including phenoxy) is 1. The minimum absolute atomic E-state index is 0.0157. The van der Waals surface area contributed by atoms with E-state index < -0.39 is 0 Å². The zero-order valence-corrected chi connectivity index (χ0v) is 13.6. The molecule has 1 aromatic carbocycles.